The monoisotopic (exact) mass is 481 g/mol. The first kappa shape index (κ1) is 22.4. The van der Waals surface area contributed by atoms with Crippen molar-refractivity contribution in [1.29, 1.82) is 0 Å². The number of carbonyl (C=O) groups is 3. The molecule has 4 rings (SSSR count). The van der Waals surface area contributed by atoms with Crippen LogP contribution in [0, 0.1) is 0 Å². The molecule has 3 amide bonds. The number of aromatic hydroxyl groups is 1. The van der Waals surface area contributed by atoms with E-state index in [1.54, 1.807) is 12.1 Å². The summed E-state index contributed by atoms with van der Waals surface area (Å²) in [6.45, 7) is 0.107. The summed E-state index contributed by atoms with van der Waals surface area (Å²) in [5.74, 6) is -1.69. The molecule has 0 spiro atoms. The van der Waals surface area contributed by atoms with E-state index in [4.69, 9.17) is 23.2 Å². The predicted molar refractivity (Wildman–Crippen MR) is 126 cm³/mol. The largest absolute Gasteiger partial charge is 0.506 e. The molecule has 1 aliphatic heterocycles. The van der Waals surface area contributed by atoms with Crippen LogP contribution in [0.25, 0.3) is 0 Å². The van der Waals surface area contributed by atoms with Crippen LogP contribution in [0.2, 0.25) is 5.02 Å². The first-order valence-electron chi connectivity index (χ1n) is 9.80. The fourth-order valence-corrected chi connectivity index (χ4v) is 3.62. The molecule has 0 aromatic heterocycles. The molecule has 0 bridgehead atoms. The quantitative estimate of drug-likeness (QED) is 0.349. The Morgan fingerprint density at radius 2 is 1.61 bits per heavy atom. The molecule has 0 saturated heterocycles. The van der Waals surface area contributed by atoms with Crippen LogP contribution >= 0.6 is 23.2 Å². The Bertz CT molecular complexity index is 1270. The maximum Gasteiger partial charge on any atom is 0.279 e. The minimum Gasteiger partial charge on any atom is -0.506 e. The van der Waals surface area contributed by atoms with E-state index in [9.17, 15) is 19.5 Å². The SMILES string of the molecule is O=C(Nc1cc(Cl)ccc1O)c1ccc(NC2=C(Cl)C(=O)N(Cc3ccccc3)C2=O)cc1. The van der Waals surface area contributed by atoms with Crippen molar-refractivity contribution in [2.45, 2.75) is 6.54 Å². The van der Waals surface area contributed by atoms with Crippen LogP contribution in [0.3, 0.4) is 0 Å². The molecule has 33 heavy (non-hydrogen) atoms. The van der Waals surface area contributed by atoms with Gasteiger partial charge in [0, 0.05) is 16.3 Å². The number of anilines is 2. The van der Waals surface area contributed by atoms with Crippen LogP contribution in [0.1, 0.15) is 15.9 Å². The normalized spacial score (nSPS) is 13.5. The van der Waals surface area contributed by atoms with Crippen molar-refractivity contribution in [2.75, 3.05) is 10.6 Å². The Morgan fingerprint density at radius 1 is 0.909 bits per heavy atom. The highest BCUT2D eigenvalue weighted by molar-refractivity contribution is 6.48. The third-order valence-corrected chi connectivity index (χ3v) is 5.50. The van der Waals surface area contributed by atoms with E-state index in [0.29, 0.717) is 16.3 Å². The van der Waals surface area contributed by atoms with Gasteiger partial charge in [0.15, 0.2) is 0 Å². The smallest absolute Gasteiger partial charge is 0.279 e. The molecule has 1 aliphatic rings. The fraction of sp³-hybridized carbons (Fsp3) is 0.0417. The van der Waals surface area contributed by atoms with Crippen molar-refractivity contribution in [3.8, 4) is 5.75 Å². The number of phenolic OH excluding ortho intramolecular Hbond substituents is 1. The molecule has 7 nitrogen and oxygen atoms in total. The van der Waals surface area contributed by atoms with Gasteiger partial charge in [-0.05, 0) is 48.0 Å². The van der Waals surface area contributed by atoms with Crippen LogP contribution in [0.4, 0.5) is 11.4 Å². The lowest BCUT2D eigenvalue weighted by atomic mass is 10.1. The number of amides is 3. The Balaban J connectivity index is 1.45. The number of halogens is 2. The molecule has 0 fully saturated rings. The number of phenols is 1. The molecule has 0 radical (unpaired) electrons. The van der Waals surface area contributed by atoms with E-state index in [1.165, 1.54) is 30.3 Å². The van der Waals surface area contributed by atoms with Crippen molar-refractivity contribution < 1.29 is 19.5 Å². The maximum atomic E-state index is 12.8. The van der Waals surface area contributed by atoms with Gasteiger partial charge in [-0.15, -0.1) is 0 Å². The first-order chi connectivity index (χ1) is 15.8. The van der Waals surface area contributed by atoms with Gasteiger partial charge in [-0.25, -0.2) is 0 Å². The number of rotatable bonds is 6. The second-order valence-corrected chi connectivity index (χ2v) is 8.00. The van der Waals surface area contributed by atoms with E-state index in [1.807, 2.05) is 30.3 Å². The Kier molecular flexibility index (Phi) is 6.35. The maximum absolute atomic E-state index is 12.8. The minimum absolute atomic E-state index is 0.0290. The van der Waals surface area contributed by atoms with Crippen molar-refractivity contribution in [3.63, 3.8) is 0 Å². The second-order valence-electron chi connectivity index (χ2n) is 7.19. The number of carbonyl (C=O) groups excluding carboxylic acids is 3. The van der Waals surface area contributed by atoms with Gasteiger partial charge in [-0.2, -0.15) is 0 Å². The number of benzene rings is 3. The lowest BCUT2D eigenvalue weighted by Gasteiger charge is -2.15. The molecule has 3 aromatic carbocycles. The summed E-state index contributed by atoms with van der Waals surface area (Å²) in [7, 11) is 0. The molecule has 0 saturated carbocycles. The summed E-state index contributed by atoms with van der Waals surface area (Å²) in [5.41, 5.74) is 1.72. The van der Waals surface area contributed by atoms with Crippen LogP contribution in [0.5, 0.6) is 5.75 Å². The van der Waals surface area contributed by atoms with Gasteiger partial charge >= 0.3 is 0 Å². The van der Waals surface area contributed by atoms with Crippen LogP contribution < -0.4 is 10.6 Å². The van der Waals surface area contributed by atoms with Crippen molar-refractivity contribution >= 4 is 52.3 Å². The molecule has 3 N–H and O–H groups in total. The zero-order valence-corrected chi connectivity index (χ0v) is 18.5. The van der Waals surface area contributed by atoms with Gasteiger partial charge in [-0.1, -0.05) is 53.5 Å². The topological polar surface area (TPSA) is 98.7 Å². The average Bonchev–Trinajstić information content (AvgIpc) is 3.01. The summed E-state index contributed by atoms with van der Waals surface area (Å²) in [6, 6.07) is 19.6. The molecular weight excluding hydrogens is 465 g/mol. The zero-order chi connectivity index (χ0) is 23.5. The number of hydrogen-bond donors (Lipinski definition) is 3. The second kappa shape index (κ2) is 9.36. The zero-order valence-electron chi connectivity index (χ0n) is 17.0. The number of imide groups is 1. The van der Waals surface area contributed by atoms with Gasteiger partial charge in [-0.3, -0.25) is 19.3 Å². The molecular formula is C24H17Cl2N3O4. The number of nitrogens with one attached hydrogen (secondary N) is 2. The summed E-state index contributed by atoms with van der Waals surface area (Å²) in [5, 5.41) is 15.5. The predicted octanol–water partition coefficient (Wildman–Crippen LogP) is 4.73. The third kappa shape index (κ3) is 4.84. The molecule has 0 unspecified atom stereocenters. The highest BCUT2D eigenvalue weighted by Crippen LogP contribution is 2.28. The van der Waals surface area contributed by atoms with Crippen molar-refractivity contribution in [1.82, 2.24) is 4.90 Å². The lowest BCUT2D eigenvalue weighted by molar-refractivity contribution is -0.138. The average molecular weight is 482 g/mol. The van der Waals surface area contributed by atoms with Crippen LogP contribution in [-0.2, 0) is 16.1 Å². The van der Waals surface area contributed by atoms with Crippen LogP contribution in [-0.4, -0.2) is 27.7 Å². The highest BCUT2D eigenvalue weighted by Gasteiger charge is 2.37. The van der Waals surface area contributed by atoms with Gasteiger partial charge < -0.3 is 15.7 Å². The minimum atomic E-state index is -0.578. The summed E-state index contributed by atoms with van der Waals surface area (Å²) in [6.07, 6.45) is 0. The molecule has 3 aromatic rings. The van der Waals surface area contributed by atoms with E-state index >= 15 is 0 Å². The highest BCUT2D eigenvalue weighted by atomic mass is 35.5. The van der Waals surface area contributed by atoms with E-state index in [-0.39, 0.29) is 28.7 Å². The molecule has 0 atom stereocenters. The summed E-state index contributed by atoms with van der Waals surface area (Å²) >= 11 is 12.0. The number of hydrogen-bond acceptors (Lipinski definition) is 5. The van der Waals surface area contributed by atoms with E-state index in [2.05, 4.69) is 10.6 Å². The van der Waals surface area contributed by atoms with E-state index in [0.717, 1.165) is 10.5 Å². The summed E-state index contributed by atoms with van der Waals surface area (Å²) < 4.78 is 0. The molecule has 9 heteroatoms. The van der Waals surface area contributed by atoms with Gasteiger partial charge in [0.25, 0.3) is 17.7 Å². The molecule has 0 aliphatic carbocycles. The number of nitrogens with zero attached hydrogens (tertiary/aromatic N) is 1. The molecule has 166 valence electrons. The standard InChI is InChI=1S/C24H17Cl2N3O4/c25-16-8-11-19(30)18(12-16)28-22(31)15-6-9-17(10-7-15)27-21-20(26)23(32)29(24(21)33)13-14-4-2-1-3-5-14/h1-12,27,30H,13H2,(H,28,31). The van der Waals surface area contributed by atoms with Crippen LogP contribution in [0.15, 0.2) is 83.5 Å². The lowest BCUT2D eigenvalue weighted by Crippen LogP contribution is -2.31. The van der Waals surface area contributed by atoms with Crippen molar-refractivity contribution in [3.05, 3.63) is 99.7 Å². The van der Waals surface area contributed by atoms with E-state index < -0.39 is 17.7 Å². The Labute approximate surface area is 199 Å². The van der Waals surface area contributed by atoms with Gasteiger partial charge in [0.05, 0.1) is 12.2 Å². The van der Waals surface area contributed by atoms with Gasteiger partial charge in [0.1, 0.15) is 16.5 Å². The Morgan fingerprint density at radius 3 is 2.30 bits per heavy atom. The fourth-order valence-electron chi connectivity index (χ4n) is 3.22. The Hall–Kier alpha value is -3.81. The van der Waals surface area contributed by atoms with Gasteiger partial charge in [0.2, 0.25) is 0 Å². The van der Waals surface area contributed by atoms with Crippen molar-refractivity contribution in [2.24, 2.45) is 0 Å². The molecule has 1 heterocycles. The third-order valence-electron chi connectivity index (χ3n) is 4.92. The first-order valence-corrected chi connectivity index (χ1v) is 10.6. The summed E-state index contributed by atoms with van der Waals surface area (Å²) in [4.78, 5) is 38.8.